The van der Waals surface area contributed by atoms with Crippen LogP contribution in [0.25, 0.3) is 0 Å². The summed E-state index contributed by atoms with van der Waals surface area (Å²) in [6.45, 7) is 7.43. The van der Waals surface area contributed by atoms with Gasteiger partial charge in [-0.1, -0.05) is 31.5 Å². The zero-order valence-corrected chi connectivity index (χ0v) is 11.4. The van der Waals surface area contributed by atoms with Gasteiger partial charge in [0.05, 0.1) is 0 Å². The Kier molecular flexibility index (Phi) is 5.93. The van der Waals surface area contributed by atoms with Gasteiger partial charge < -0.3 is 5.73 Å². The summed E-state index contributed by atoms with van der Waals surface area (Å²) >= 11 is 1.97. The highest BCUT2D eigenvalue weighted by Gasteiger charge is 2.03. The summed E-state index contributed by atoms with van der Waals surface area (Å²) in [5, 5.41) is 0. The summed E-state index contributed by atoms with van der Waals surface area (Å²) in [5.74, 6) is 1.99. The van der Waals surface area contributed by atoms with Gasteiger partial charge in [0.1, 0.15) is 0 Å². The summed E-state index contributed by atoms with van der Waals surface area (Å²) in [5.41, 5.74) is 8.39. The molecule has 1 aromatic rings. The molecule has 2 heteroatoms. The first kappa shape index (κ1) is 13.6. The van der Waals surface area contributed by atoms with Crippen LogP contribution in [0.5, 0.6) is 0 Å². The molecule has 0 atom stereocenters. The van der Waals surface area contributed by atoms with E-state index < -0.39 is 0 Å². The van der Waals surface area contributed by atoms with Crippen molar-refractivity contribution >= 4 is 11.8 Å². The minimum atomic E-state index is 0.737. The van der Waals surface area contributed by atoms with Crippen LogP contribution in [0.15, 0.2) is 23.1 Å². The molecule has 1 aromatic carbocycles. The highest BCUT2D eigenvalue weighted by atomic mass is 32.2. The van der Waals surface area contributed by atoms with Gasteiger partial charge in [0.25, 0.3) is 0 Å². The second kappa shape index (κ2) is 6.97. The lowest BCUT2D eigenvalue weighted by molar-refractivity contribution is 0.632. The standard InChI is InChI=1S/C14H23NS/c1-11(2)7-9-16-14-5-4-12(3)10-13(14)6-8-15/h4-5,10-11H,6-9,15H2,1-3H3. The number of hydrogen-bond acceptors (Lipinski definition) is 2. The van der Waals surface area contributed by atoms with Gasteiger partial charge in [0.2, 0.25) is 0 Å². The topological polar surface area (TPSA) is 26.0 Å². The third-order valence-electron chi connectivity index (χ3n) is 2.58. The Morgan fingerprint density at radius 1 is 1.31 bits per heavy atom. The van der Waals surface area contributed by atoms with Gasteiger partial charge in [-0.3, -0.25) is 0 Å². The van der Waals surface area contributed by atoms with E-state index in [1.165, 1.54) is 28.2 Å². The number of hydrogen-bond donors (Lipinski definition) is 1. The van der Waals surface area contributed by atoms with Crippen molar-refractivity contribution < 1.29 is 0 Å². The van der Waals surface area contributed by atoms with Crippen molar-refractivity contribution in [2.24, 2.45) is 11.7 Å². The van der Waals surface area contributed by atoms with Crippen molar-refractivity contribution in [3.8, 4) is 0 Å². The lowest BCUT2D eigenvalue weighted by Crippen LogP contribution is -2.04. The maximum atomic E-state index is 5.65. The van der Waals surface area contributed by atoms with E-state index in [0.29, 0.717) is 0 Å². The van der Waals surface area contributed by atoms with Crippen LogP contribution in [0, 0.1) is 12.8 Å². The lowest BCUT2D eigenvalue weighted by Gasteiger charge is -2.10. The molecule has 0 aliphatic rings. The number of nitrogens with two attached hydrogens (primary N) is 1. The third kappa shape index (κ3) is 4.58. The number of rotatable bonds is 6. The predicted octanol–water partition coefficient (Wildman–Crippen LogP) is 3.63. The fourth-order valence-corrected chi connectivity index (χ4v) is 2.92. The molecular weight excluding hydrogens is 214 g/mol. The van der Waals surface area contributed by atoms with Crippen molar-refractivity contribution in [1.82, 2.24) is 0 Å². The van der Waals surface area contributed by atoms with E-state index in [4.69, 9.17) is 5.73 Å². The van der Waals surface area contributed by atoms with Crippen LogP contribution in [-0.2, 0) is 6.42 Å². The quantitative estimate of drug-likeness (QED) is 0.765. The van der Waals surface area contributed by atoms with Gasteiger partial charge in [-0.05, 0) is 49.6 Å². The van der Waals surface area contributed by atoms with E-state index in [-0.39, 0.29) is 0 Å². The molecule has 0 bridgehead atoms. The van der Waals surface area contributed by atoms with Crippen molar-refractivity contribution in [2.45, 2.75) is 38.5 Å². The second-order valence-electron chi connectivity index (χ2n) is 4.68. The van der Waals surface area contributed by atoms with Crippen LogP contribution in [0.3, 0.4) is 0 Å². The number of thioether (sulfide) groups is 1. The Balaban J connectivity index is 2.63. The Morgan fingerprint density at radius 3 is 2.69 bits per heavy atom. The molecule has 0 heterocycles. The molecule has 0 saturated heterocycles. The smallest absolute Gasteiger partial charge is 0.0105 e. The number of benzene rings is 1. The SMILES string of the molecule is Cc1ccc(SCCC(C)C)c(CCN)c1. The van der Waals surface area contributed by atoms with E-state index in [9.17, 15) is 0 Å². The van der Waals surface area contributed by atoms with Crippen molar-refractivity contribution in [1.29, 1.82) is 0 Å². The van der Waals surface area contributed by atoms with Crippen LogP contribution in [-0.4, -0.2) is 12.3 Å². The molecule has 0 spiro atoms. The monoisotopic (exact) mass is 237 g/mol. The van der Waals surface area contributed by atoms with Gasteiger partial charge in [-0.15, -0.1) is 11.8 Å². The Labute approximate surface area is 104 Å². The molecule has 90 valence electrons. The first-order chi connectivity index (χ1) is 7.63. The summed E-state index contributed by atoms with van der Waals surface area (Å²) in [6.07, 6.45) is 2.27. The van der Waals surface area contributed by atoms with Crippen LogP contribution >= 0.6 is 11.8 Å². The van der Waals surface area contributed by atoms with E-state index in [0.717, 1.165) is 18.9 Å². The maximum Gasteiger partial charge on any atom is 0.0105 e. The fourth-order valence-electron chi connectivity index (χ4n) is 1.60. The zero-order chi connectivity index (χ0) is 12.0. The molecule has 0 aromatic heterocycles. The van der Waals surface area contributed by atoms with E-state index in [1.807, 2.05) is 11.8 Å². The van der Waals surface area contributed by atoms with Crippen molar-refractivity contribution in [3.63, 3.8) is 0 Å². The molecule has 1 rings (SSSR count). The fraction of sp³-hybridized carbons (Fsp3) is 0.571. The van der Waals surface area contributed by atoms with Gasteiger partial charge in [-0.2, -0.15) is 0 Å². The van der Waals surface area contributed by atoms with Gasteiger partial charge in [0, 0.05) is 4.90 Å². The molecule has 0 amide bonds. The Hall–Kier alpha value is -0.470. The largest absolute Gasteiger partial charge is 0.330 e. The molecule has 0 saturated carbocycles. The molecular formula is C14H23NS. The van der Waals surface area contributed by atoms with Gasteiger partial charge in [0.15, 0.2) is 0 Å². The summed E-state index contributed by atoms with van der Waals surface area (Å²) in [4.78, 5) is 1.41. The number of aryl methyl sites for hydroxylation is 1. The van der Waals surface area contributed by atoms with E-state index in [2.05, 4.69) is 39.0 Å². The van der Waals surface area contributed by atoms with Gasteiger partial charge >= 0.3 is 0 Å². The second-order valence-corrected chi connectivity index (χ2v) is 5.82. The zero-order valence-electron chi connectivity index (χ0n) is 10.6. The van der Waals surface area contributed by atoms with Crippen molar-refractivity contribution in [3.05, 3.63) is 29.3 Å². The molecule has 0 aliphatic heterocycles. The van der Waals surface area contributed by atoms with E-state index >= 15 is 0 Å². The van der Waals surface area contributed by atoms with Crippen LogP contribution < -0.4 is 5.73 Å². The molecule has 16 heavy (non-hydrogen) atoms. The van der Waals surface area contributed by atoms with Crippen LogP contribution in [0.4, 0.5) is 0 Å². The summed E-state index contributed by atoms with van der Waals surface area (Å²) in [7, 11) is 0. The summed E-state index contributed by atoms with van der Waals surface area (Å²) < 4.78 is 0. The predicted molar refractivity (Wildman–Crippen MR) is 74.1 cm³/mol. The first-order valence-electron chi connectivity index (χ1n) is 6.06. The van der Waals surface area contributed by atoms with Crippen molar-refractivity contribution in [2.75, 3.05) is 12.3 Å². The molecule has 0 radical (unpaired) electrons. The Morgan fingerprint density at radius 2 is 2.06 bits per heavy atom. The van der Waals surface area contributed by atoms with Gasteiger partial charge in [-0.25, -0.2) is 0 Å². The van der Waals surface area contributed by atoms with Crippen LogP contribution in [0.1, 0.15) is 31.4 Å². The third-order valence-corrected chi connectivity index (χ3v) is 3.73. The highest BCUT2D eigenvalue weighted by molar-refractivity contribution is 7.99. The molecule has 2 N–H and O–H groups in total. The molecule has 0 unspecified atom stereocenters. The Bertz CT molecular complexity index is 321. The average molecular weight is 237 g/mol. The normalized spacial score (nSPS) is 11.1. The molecule has 0 fully saturated rings. The van der Waals surface area contributed by atoms with Crippen LogP contribution in [0.2, 0.25) is 0 Å². The average Bonchev–Trinajstić information content (AvgIpc) is 2.21. The minimum Gasteiger partial charge on any atom is -0.330 e. The lowest BCUT2D eigenvalue weighted by atomic mass is 10.1. The summed E-state index contributed by atoms with van der Waals surface area (Å²) in [6, 6.07) is 6.70. The molecule has 1 nitrogen and oxygen atoms in total. The molecule has 0 aliphatic carbocycles. The highest BCUT2D eigenvalue weighted by Crippen LogP contribution is 2.25. The minimum absolute atomic E-state index is 0.737. The van der Waals surface area contributed by atoms with E-state index in [1.54, 1.807) is 0 Å². The maximum absolute atomic E-state index is 5.65. The first-order valence-corrected chi connectivity index (χ1v) is 7.04.